The van der Waals surface area contributed by atoms with Gasteiger partial charge in [-0.2, -0.15) is 0 Å². The van der Waals surface area contributed by atoms with Crippen LogP contribution in [0.5, 0.6) is 0 Å². The SMILES string of the molecule is CCCN(C(=O)NC)c1ccc(S(C)(=O)=O)cc1. The molecule has 0 unspecified atom stereocenters. The Bertz CT molecular complexity index is 509. The van der Waals surface area contributed by atoms with Gasteiger partial charge in [0, 0.05) is 25.5 Å². The van der Waals surface area contributed by atoms with E-state index in [-0.39, 0.29) is 10.9 Å². The van der Waals surface area contributed by atoms with E-state index in [1.165, 1.54) is 12.1 Å². The molecule has 0 aliphatic rings. The molecular formula is C12H18N2O3S. The average molecular weight is 270 g/mol. The molecule has 0 saturated heterocycles. The summed E-state index contributed by atoms with van der Waals surface area (Å²) in [6, 6.07) is 6.10. The lowest BCUT2D eigenvalue weighted by Crippen LogP contribution is -2.38. The third kappa shape index (κ3) is 3.46. The maximum Gasteiger partial charge on any atom is 0.321 e. The highest BCUT2D eigenvalue weighted by Gasteiger charge is 2.14. The van der Waals surface area contributed by atoms with E-state index in [1.54, 1.807) is 24.1 Å². The lowest BCUT2D eigenvalue weighted by molar-refractivity contribution is 0.248. The molecule has 0 saturated carbocycles. The van der Waals surface area contributed by atoms with Crippen molar-refractivity contribution in [1.29, 1.82) is 0 Å². The predicted octanol–water partition coefficient (Wildman–Crippen LogP) is 1.65. The number of sulfone groups is 1. The van der Waals surface area contributed by atoms with Gasteiger partial charge in [0.2, 0.25) is 0 Å². The molecule has 5 nitrogen and oxygen atoms in total. The number of carbonyl (C=O) groups is 1. The van der Waals surface area contributed by atoms with E-state index in [4.69, 9.17) is 0 Å². The molecule has 0 aliphatic carbocycles. The molecule has 6 heteroatoms. The quantitative estimate of drug-likeness (QED) is 0.904. The van der Waals surface area contributed by atoms with Gasteiger partial charge in [0.25, 0.3) is 0 Å². The van der Waals surface area contributed by atoms with E-state index < -0.39 is 9.84 Å². The number of rotatable bonds is 4. The standard InChI is InChI=1S/C12H18N2O3S/c1-4-9-14(12(15)13-2)10-5-7-11(8-6-10)18(3,16)17/h5-8H,4,9H2,1-3H3,(H,13,15). The van der Waals surface area contributed by atoms with Crippen molar-refractivity contribution in [1.82, 2.24) is 5.32 Å². The van der Waals surface area contributed by atoms with Gasteiger partial charge in [-0.15, -0.1) is 0 Å². The van der Waals surface area contributed by atoms with Gasteiger partial charge in [-0.1, -0.05) is 6.92 Å². The van der Waals surface area contributed by atoms with Gasteiger partial charge in [0.05, 0.1) is 4.90 Å². The van der Waals surface area contributed by atoms with E-state index in [0.29, 0.717) is 12.2 Å². The topological polar surface area (TPSA) is 66.5 Å². The molecule has 0 aromatic heterocycles. The predicted molar refractivity (Wildman–Crippen MR) is 71.6 cm³/mol. The summed E-state index contributed by atoms with van der Waals surface area (Å²) in [5, 5.41) is 2.56. The van der Waals surface area contributed by atoms with E-state index in [1.807, 2.05) is 6.92 Å². The van der Waals surface area contributed by atoms with Gasteiger partial charge in [-0.3, -0.25) is 4.90 Å². The number of nitrogens with zero attached hydrogens (tertiary/aromatic N) is 1. The second-order valence-electron chi connectivity index (χ2n) is 3.97. The molecule has 0 atom stereocenters. The largest absolute Gasteiger partial charge is 0.341 e. The number of hydrogen-bond donors (Lipinski definition) is 1. The first-order valence-electron chi connectivity index (χ1n) is 5.69. The minimum absolute atomic E-state index is 0.205. The number of anilines is 1. The minimum Gasteiger partial charge on any atom is -0.341 e. The van der Waals surface area contributed by atoms with Gasteiger partial charge < -0.3 is 5.32 Å². The zero-order chi connectivity index (χ0) is 13.8. The second-order valence-corrected chi connectivity index (χ2v) is 5.99. The number of carbonyl (C=O) groups excluding carboxylic acids is 1. The smallest absolute Gasteiger partial charge is 0.321 e. The Kier molecular flexibility index (Phi) is 4.72. The molecule has 0 radical (unpaired) electrons. The first kappa shape index (κ1) is 14.5. The van der Waals surface area contributed by atoms with Crippen molar-refractivity contribution in [3.8, 4) is 0 Å². The molecule has 0 spiro atoms. The van der Waals surface area contributed by atoms with Crippen LogP contribution in [0.2, 0.25) is 0 Å². The van der Waals surface area contributed by atoms with E-state index in [9.17, 15) is 13.2 Å². The van der Waals surface area contributed by atoms with Crippen LogP contribution < -0.4 is 10.2 Å². The van der Waals surface area contributed by atoms with E-state index in [0.717, 1.165) is 12.7 Å². The van der Waals surface area contributed by atoms with E-state index >= 15 is 0 Å². The van der Waals surface area contributed by atoms with Crippen LogP contribution >= 0.6 is 0 Å². The van der Waals surface area contributed by atoms with Crippen LogP contribution in [0.25, 0.3) is 0 Å². The Morgan fingerprint density at radius 3 is 2.22 bits per heavy atom. The first-order chi connectivity index (χ1) is 8.40. The molecular weight excluding hydrogens is 252 g/mol. The Balaban J connectivity index is 3.04. The molecule has 1 rings (SSSR count). The van der Waals surface area contributed by atoms with Crippen LogP contribution in [0.1, 0.15) is 13.3 Å². The Morgan fingerprint density at radius 1 is 1.28 bits per heavy atom. The second kappa shape index (κ2) is 5.86. The van der Waals surface area contributed by atoms with Gasteiger partial charge >= 0.3 is 6.03 Å². The lowest BCUT2D eigenvalue weighted by Gasteiger charge is -2.21. The number of benzene rings is 1. The minimum atomic E-state index is -3.20. The highest BCUT2D eigenvalue weighted by molar-refractivity contribution is 7.90. The summed E-state index contributed by atoms with van der Waals surface area (Å²) in [5.74, 6) is 0. The highest BCUT2D eigenvalue weighted by Crippen LogP contribution is 2.18. The molecule has 100 valence electrons. The molecule has 18 heavy (non-hydrogen) atoms. The molecule has 1 N–H and O–H groups in total. The maximum absolute atomic E-state index is 11.7. The summed E-state index contributed by atoms with van der Waals surface area (Å²) in [4.78, 5) is 13.5. The van der Waals surface area contributed by atoms with Crippen LogP contribution in [0.3, 0.4) is 0 Å². The lowest BCUT2D eigenvalue weighted by atomic mass is 10.3. The van der Waals surface area contributed by atoms with Crippen LogP contribution in [0, 0.1) is 0 Å². The van der Waals surface area contributed by atoms with Crippen molar-refractivity contribution in [2.45, 2.75) is 18.2 Å². The summed E-state index contributed by atoms with van der Waals surface area (Å²) >= 11 is 0. The Labute approximate surface area is 108 Å². The fourth-order valence-electron chi connectivity index (χ4n) is 1.58. The van der Waals surface area contributed by atoms with Crippen molar-refractivity contribution < 1.29 is 13.2 Å². The third-order valence-electron chi connectivity index (χ3n) is 2.48. The van der Waals surface area contributed by atoms with Crippen LogP contribution in [0.15, 0.2) is 29.2 Å². The van der Waals surface area contributed by atoms with Crippen LogP contribution in [-0.2, 0) is 9.84 Å². The number of urea groups is 1. The number of nitrogens with one attached hydrogen (secondary N) is 1. The number of amides is 2. The average Bonchev–Trinajstić information content (AvgIpc) is 2.34. The summed E-state index contributed by atoms with van der Waals surface area (Å²) in [5.41, 5.74) is 0.684. The van der Waals surface area contributed by atoms with Crippen molar-refractivity contribution in [3.63, 3.8) is 0 Å². The van der Waals surface area contributed by atoms with Crippen LogP contribution in [-0.4, -0.2) is 34.3 Å². The molecule has 2 amide bonds. The summed E-state index contributed by atoms with van der Waals surface area (Å²) in [6.45, 7) is 2.55. The summed E-state index contributed by atoms with van der Waals surface area (Å²) in [7, 11) is -1.64. The molecule has 1 aromatic carbocycles. The van der Waals surface area contributed by atoms with Gasteiger partial charge in [0.1, 0.15) is 0 Å². The monoisotopic (exact) mass is 270 g/mol. The summed E-state index contributed by atoms with van der Waals surface area (Å²) in [6.07, 6.45) is 1.98. The normalized spacial score (nSPS) is 11.1. The van der Waals surface area contributed by atoms with Crippen molar-refractivity contribution in [3.05, 3.63) is 24.3 Å². The summed E-state index contributed by atoms with van der Waals surface area (Å²) < 4.78 is 22.7. The zero-order valence-corrected chi connectivity index (χ0v) is 11.6. The fraction of sp³-hybridized carbons (Fsp3) is 0.417. The Morgan fingerprint density at radius 2 is 1.83 bits per heavy atom. The van der Waals surface area contributed by atoms with E-state index in [2.05, 4.69) is 5.32 Å². The maximum atomic E-state index is 11.7. The van der Waals surface area contributed by atoms with Gasteiger partial charge in [-0.05, 0) is 30.7 Å². The molecule has 1 aromatic rings. The first-order valence-corrected chi connectivity index (χ1v) is 7.58. The molecule has 0 aliphatic heterocycles. The van der Waals surface area contributed by atoms with Crippen molar-refractivity contribution in [2.75, 3.05) is 24.7 Å². The fourth-order valence-corrected chi connectivity index (χ4v) is 2.21. The van der Waals surface area contributed by atoms with Crippen LogP contribution in [0.4, 0.5) is 10.5 Å². The van der Waals surface area contributed by atoms with Crippen molar-refractivity contribution in [2.24, 2.45) is 0 Å². The van der Waals surface area contributed by atoms with Gasteiger partial charge in [0.15, 0.2) is 9.84 Å². The number of hydrogen-bond acceptors (Lipinski definition) is 3. The zero-order valence-electron chi connectivity index (χ0n) is 10.8. The molecule has 0 bridgehead atoms. The molecule has 0 fully saturated rings. The van der Waals surface area contributed by atoms with Gasteiger partial charge in [-0.25, -0.2) is 13.2 Å². The Hall–Kier alpha value is -1.56. The molecule has 0 heterocycles. The third-order valence-corrected chi connectivity index (χ3v) is 3.61. The highest BCUT2D eigenvalue weighted by atomic mass is 32.2. The van der Waals surface area contributed by atoms with Crippen molar-refractivity contribution >= 4 is 21.6 Å².